The van der Waals surface area contributed by atoms with E-state index in [0.717, 1.165) is 0 Å². The molecule has 1 aliphatic carbocycles. The molecular weight excluding hydrogens is 438 g/mol. The minimum Gasteiger partial charge on any atom is -0.309 e. The number of benzene rings is 1. The number of aromatic amines is 1. The van der Waals surface area contributed by atoms with Crippen molar-refractivity contribution in [3.63, 3.8) is 0 Å². The van der Waals surface area contributed by atoms with Crippen molar-refractivity contribution in [2.24, 2.45) is 11.8 Å². The Kier molecular flexibility index (Phi) is 4.88. The SMILES string of the molecule is CC(C)C(C)c1c(F)c(Cl)c(-c2cn3cc(NC(=O)C4CC4F)nc3cn2)c2cn[nH]c12. The molecule has 5 rings (SSSR count). The number of nitrogens with zero attached hydrogens (tertiary/aromatic N) is 4. The van der Waals surface area contributed by atoms with Crippen molar-refractivity contribution in [2.45, 2.75) is 39.3 Å². The predicted molar refractivity (Wildman–Crippen MR) is 118 cm³/mol. The highest BCUT2D eigenvalue weighted by Crippen LogP contribution is 2.42. The molecule has 4 aromatic rings. The fraction of sp³-hybridized carbons (Fsp3) is 0.364. The van der Waals surface area contributed by atoms with Crippen LogP contribution >= 0.6 is 11.6 Å². The molecule has 0 saturated heterocycles. The summed E-state index contributed by atoms with van der Waals surface area (Å²) in [5, 5.41) is 10.3. The topological polar surface area (TPSA) is 88.0 Å². The van der Waals surface area contributed by atoms with Gasteiger partial charge in [0.05, 0.1) is 40.7 Å². The van der Waals surface area contributed by atoms with E-state index in [4.69, 9.17) is 11.6 Å². The lowest BCUT2D eigenvalue weighted by Gasteiger charge is -2.20. The van der Waals surface area contributed by atoms with E-state index in [2.05, 4.69) is 25.5 Å². The number of carbonyl (C=O) groups excluding carboxylic acids is 1. The summed E-state index contributed by atoms with van der Waals surface area (Å²) in [7, 11) is 0. The van der Waals surface area contributed by atoms with Crippen LogP contribution in [0.25, 0.3) is 27.8 Å². The van der Waals surface area contributed by atoms with Crippen molar-refractivity contribution in [1.29, 1.82) is 0 Å². The number of rotatable bonds is 5. The molecule has 1 aliphatic rings. The van der Waals surface area contributed by atoms with E-state index in [-0.39, 0.29) is 23.3 Å². The third kappa shape index (κ3) is 3.31. The first-order valence-electron chi connectivity index (χ1n) is 10.4. The molecule has 0 spiro atoms. The second kappa shape index (κ2) is 7.51. The maximum Gasteiger partial charge on any atom is 0.231 e. The first kappa shape index (κ1) is 20.8. The number of nitrogens with one attached hydrogen (secondary N) is 2. The fourth-order valence-electron chi connectivity index (χ4n) is 3.89. The summed E-state index contributed by atoms with van der Waals surface area (Å²) < 4.78 is 30.2. The second-order valence-corrected chi connectivity index (χ2v) is 9.00. The van der Waals surface area contributed by atoms with E-state index in [1.165, 1.54) is 6.20 Å². The highest BCUT2D eigenvalue weighted by molar-refractivity contribution is 6.35. The molecule has 32 heavy (non-hydrogen) atoms. The van der Waals surface area contributed by atoms with Gasteiger partial charge in [-0.3, -0.25) is 14.9 Å². The third-order valence-electron chi connectivity index (χ3n) is 6.18. The molecule has 1 aromatic carbocycles. The van der Waals surface area contributed by atoms with E-state index in [1.54, 1.807) is 23.0 Å². The quantitative estimate of drug-likeness (QED) is 0.434. The Labute approximate surface area is 187 Å². The minimum atomic E-state index is -1.09. The number of amides is 1. The van der Waals surface area contributed by atoms with Crippen LogP contribution in [0.3, 0.4) is 0 Å². The van der Waals surface area contributed by atoms with Crippen molar-refractivity contribution in [3.8, 4) is 11.3 Å². The summed E-state index contributed by atoms with van der Waals surface area (Å²) in [6.45, 7) is 6.00. The molecule has 0 bridgehead atoms. The molecule has 3 heterocycles. The summed E-state index contributed by atoms with van der Waals surface area (Å²) in [5.74, 6) is -1.08. The zero-order valence-corrected chi connectivity index (χ0v) is 18.4. The Hall–Kier alpha value is -3.07. The molecule has 1 fully saturated rings. The zero-order valence-electron chi connectivity index (χ0n) is 17.7. The third-order valence-corrected chi connectivity index (χ3v) is 6.54. The summed E-state index contributed by atoms with van der Waals surface area (Å²) in [6.07, 6.45) is 5.52. The van der Waals surface area contributed by atoms with E-state index in [0.29, 0.717) is 39.2 Å². The average Bonchev–Trinajstić information content (AvgIpc) is 3.11. The van der Waals surface area contributed by atoms with Gasteiger partial charge >= 0.3 is 0 Å². The number of H-pyrrole nitrogens is 1. The van der Waals surface area contributed by atoms with Crippen molar-refractivity contribution >= 4 is 39.9 Å². The lowest BCUT2D eigenvalue weighted by Crippen LogP contribution is -2.15. The van der Waals surface area contributed by atoms with Gasteiger partial charge in [0, 0.05) is 22.7 Å². The summed E-state index contributed by atoms with van der Waals surface area (Å²) >= 11 is 6.52. The summed E-state index contributed by atoms with van der Waals surface area (Å²) in [6, 6.07) is 0. The predicted octanol–water partition coefficient (Wildman–Crippen LogP) is 5.12. The number of anilines is 1. The van der Waals surface area contributed by atoms with Crippen molar-refractivity contribution in [1.82, 2.24) is 24.6 Å². The van der Waals surface area contributed by atoms with Gasteiger partial charge < -0.3 is 9.72 Å². The number of fused-ring (bicyclic) bond motifs is 2. The van der Waals surface area contributed by atoms with Crippen LogP contribution in [0.15, 0.2) is 24.8 Å². The van der Waals surface area contributed by atoms with E-state index in [1.807, 2.05) is 20.8 Å². The minimum absolute atomic E-state index is 0.0235. The average molecular weight is 459 g/mol. The second-order valence-electron chi connectivity index (χ2n) is 8.62. The molecule has 3 aromatic heterocycles. The lowest BCUT2D eigenvalue weighted by atomic mass is 9.87. The molecule has 3 atom stereocenters. The van der Waals surface area contributed by atoms with Gasteiger partial charge in [0.15, 0.2) is 11.5 Å². The maximum atomic E-state index is 15.4. The Balaban J connectivity index is 1.58. The zero-order chi connectivity index (χ0) is 22.7. The highest BCUT2D eigenvalue weighted by Gasteiger charge is 2.43. The van der Waals surface area contributed by atoms with Crippen LogP contribution in [-0.4, -0.2) is 36.6 Å². The maximum absolute atomic E-state index is 15.4. The molecule has 3 unspecified atom stereocenters. The van der Waals surface area contributed by atoms with E-state index in [9.17, 15) is 9.18 Å². The van der Waals surface area contributed by atoms with Gasteiger partial charge in [-0.25, -0.2) is 13.8 Å². The number of aromatic nitrogens is 5. The molecule has 1 saturated carbocycles. The Morgan fingerprint density at radius 3 is 2.75 bits per heavy atom. The van der Waals surface area contributed by atoms with Gasteiger partial charge in [0.1, 0.15) is 12.0 Å². The number of hydrogen-bond donors (Lipinski definition) is 2. The van der Waals surface area contributed by atoms with Gasteiger partial charge in [-0.15, -0.1) is 0 Å². The van der Waals surface area contributed by atoms with Crippen molar-refractivity contribution < 1.29 is 13.6 Å². The van der Waals surface area contributed by atoms with Crippen molar-refractivity contribution in [2.75, 3.05) is 5.32 Å². The Bertz CT molecular complexity index is 1360. The van der Waals surface area contributed by atoms with Crippen LogP contribution in [0.2, 0.25) is 5.02 Å². The monoisotopic (exact) mass is 458 g/mol. The van der Waals surface area contributed by atoms with Crippen LogP contribution in [-0.2, 0) is 4.79 Å². The van der Waals surface area contributed by atoms with Crippen LogP contribution in [0.4, 0.5) is 14.6 Å². The Morgan fingerprint density at radius 2 is 2.06 bits per heavy atom. The summed E-state index contributed by atoms with van der Waals surface area (Å²) in [4.78, 5) is 20.7. The molecule has 7 nitrogen and oxygen atoms in total. The van der Waals surface area contributed by atoms with Crippen LogP contribution in [0.1, 0.15) is 38.7 Å². The van der Waals surface area contributed by atoms with Gasteiger partial charge in [0.25, 0.3) is 0 Å². The van der Waals surface area contributed by atoms with Crippen LogP contribution < -0.4 is 5.32 Å². The largest absolute Gasteiger partial charge is 0.309 e. The highest BCUT2D eigenvalue weighted by atomic mass is 35.5. The summed E-state index contributed by atoms with van der Waals surface area (Å²) in [5.41, 5.74) is 2.42. The van der Waals surface area contributed by atoms with Crippen LogP contribution in [0.5, 0.6) is 0 Å². The van der Waals surface area contributed by atoms with E-state index < -0.39 is 23.8 Å². The van der Waals surface area contributed by atoms with Gasteiger partial charge in [-0.1, -0.05) is 32.4 Å². The number of halogens is 3. The smallest absolute Gasteiger partial charge is 0.231 e. The molecular formula is C22H21ClF2N6O. The van der Waals surface area contributed by atoms with Crippen LogP contribution in [0, 0.1) is 17.7 Å². The van der Waals surface area contributed by atoms with Gasteiger partial charge in [-0.05, 0) is 18.3 Å². The number of hydrogen-bond acceptors (Lipinski definition) is 4. The molecule has 1 amide bonds. The van der Waals surface area contributed by atoms with Gasteiger partial charge in [0.2, 0.25) is 5.91 Å². The standard InChI is InChI=1S/C22H21ClF2N6O/c1-9(2)10(3)17-20(25)19(23)18(12-5-27-30-21(12)17)14-7-31-8-15(28-16(31)6-26-14)29-22(32)11-4-13(11)24/h5-11,13H,4H2,1-3H3,(H,27,30)(H,29,32). The molecule has 2 N–H and O–H groups in total. The molecule has 0 aliphatic heterocycles. The van der Waals surface area contributed by atoms with E-state index >= 15 is 4.39 Å². The molecule has 166 valence electrons. The Morgan fingerprint density at radius 1 is 1.31 bits per heavy atom. The lowest BCUT2D eigenvalue weighted by molar-refractivity contribution is -0.117. The van der Waals surface area contributed by atoms with Gasteiger partial charge in [-0.2, -0.15) is 5.10 Å². The first-order valence-corrected chi connectivity index (χ1v) is 10.8. The molecule has 10 heteroatoms. The molecule has 0 radical (unpaired) electrons. The van der Waals surface area contributed by atoms with Crippen molar-refractivity contribution in [3.05, 3.63) is 41.2 Å². The first-order chi connectivity index (χ1) is 15.3. The fourth-order valence-corrected chi connectivity index (χ4v) is 4.19. The normalized spacial score (nSPS) is 19.1. The number of alkyl halides is 1. The number of carbonyl (C=O) groups is 1. The number of imidazole rings is 1.